The lowest BCUT2D eigenvalue weighted by molar-refractivity contribution is -0.143. The molecule has 8 heteroatoms. The normalized spacial score (nSPS) is 10.9. The zero-order chi connectivity index (χ0) is 13.8. The standard InChI is InChI=1S/C11H14N4O2S2/c1-4-17-8(16)6-15-9-7(5-12-15)10(18-2)14-11(13-9)19-3/h5H,4,6H2,1-3H3. The third-order valence-corrected chi connectivity index (χ3v) is 3.65. The van der Waals surface area contributed by atoms with Crippen LogP contribution in [0.3, 0.4) is 0 Å². The Morgan fingerprint density at radius 1 is 1.37 bits per heavy atom. The highest BCUT2D eigenvalue weighted by Crippen LogP contribution is 2.25. The van der Waals surface area contributed by atoms with Gasteiger partial charge in [-0.2, -0.15) is 5.10 Å². The summed E-state index contributed by atoms with van der Waals surface area (Å²) in [5, 5.41) is 6.58. The van der Waals surface area contributed by atoms with E-state index in [4.69, 9.17) is 4.74 Å². The van der Waals surface area contributed by atoms with Gasteiger partial charge in [-0.05, 0) is 19.4 Å². The molecule has 0 aromatic carbocycles. The van der Waals surface area contributed by atoms with Gasteiger partial charge in [-0.25, -0.2) is 14.6 Å². The Bertz CT molecular complexity index is 600. The van der Waals surface area contributed by atoms with Gasteiger partial charge < -0.3 is 4.74 Å². The largest absolute Gasteiger partial charge is 0.465 e. The van der Waals surface area contributed by atoms with Crippen molar-refractivity contribution in [3.05, 3.63) is 6.20 Å². The molecule has 0 unspecified atom stereocenters. The van der Waals surface area contributed by atoms with Crippen LogP contribution in [0, 0.1) is 0 Å². The highest BCUT2D eigenvalue weighted by Gasteiger charge is 2.14. The third-order valence-electron chi connectivity index (χ3n) is 2.40. The van der Waals surface area contributed by atoms with E-state index in [1.807, 2.05) is 12.5 Å². The van der Waals surface area contributed by atoms with Crippen molar-refractivity contribution in [2.45, 2.75) is 23.7 Å². The van der Waals surface area contributed by atoms with E-state index in [1.165, 1.54) is 23.5 Å². The third kappa shape index (κ3) is 3.01. The molecule has 2 heterocycles. The van der Waals surface area contributed by atoms with Crippen LogP contribution in [0.2, 0.25) is 0 Å². The Balaban J connectivity index is 2.43. The van der Waals surface area contributed by atoms with E-state index in [1.54, 1.807) is 17.8 Å². The summed E-state index contributed by atoms with van der Waals surface area (Å²) in [6.45, 7) is 2.20. The first-order chi connectivity index (χ1) is 9.19. The number of thioether (sulfide) groups is 2. The highest BCUT2D eigenvalue weighted by atomic mass is 32.2. The molecule has 19 heavy (non-hydrogen) atoms. The summed E-state index contributed by atoms with van der Waals surface area (Å²) in [6.07, 6.45) is 5.55. The monoisotopic (exact) mass is 298 g/mol. The summed E-state index contributed by atoms with van der Waals surface area (Å²) >= 11 is 3.00. The zero-order valence-electron chi connectivity index (χ0n) is 10.9. The number of carbonyl (C=O) groups is 1. The van der Waals surface area contributed by atoms with Crippen LogP contribution in [0.1, 0.15) is 6.92 Å². The Kier molecular flexibility index (Phi) is 4.65. The summed E-state index contributed by atoms with van der Waals surface area (Å²) in [4.78, 5) is 20.3. The van der Waals surface area contributed by atoms with Crippen molar-refractivity contribution in [2.24, 2.45) is 0 Å². The predicted octanol–water partition coefficient (Wildman–Crippen LogP) is 1.83. The lowest BCUT2D eigenvalue weighted by Crippen LogP contribution is -2.14. The Labute approximate surface area is 119 Å². The molecule has 0 radical (unpaired) electrons. The number of hydrogen-bond acceptors (Lipinski definition) is 7. The van der Waals surface area contributed by atoms with Crippen LogP contribution in [0.4, 0.5) is 0 Å². The number of rotatable bonds is 5. The van der Waals surface area contributed by atoms with Crippen molar-refractivity contribution in [1.29, 1.82) is 0 Å². The zero-order valence-corrected chi connectivity index (χ0v) is 12.5. The van der Waals surface area contributed by atoms with Crippen molar-refractivity contribution in [3.8, 4) is 0 Å². The molecule has 102 valence electrons. The summed E-state index contributed by atoms with van der Waals surface area (Å²) in [6, 6.07) is 0. The molecule has 0 N–H and O–H groups in total. The van der Waals surface area contributed by atoms with Gasteiger partial charge in [0.05, 0.1) is 18.2 Å². The van der Waals surface area contributed by atoms with E-state index in [0.717, 1.165) is 10.4 Å². The van der Waals surface area contributed by atoms with Gasteiger partial charge in [-0.15, -0.1) is 11.8 Å². The molecule has 0 fully saturated rings. The molecule has 2 aromatic heterocycles. The summed E-state index contributed by atoms with van der Waals surface area (Å²) in [7, 11) is 0. The fraction of sp³-hybridized carbons (Fsp3) is 0.455. The molecule has 2 rings (SSSR count). The quantitative estimate of drug-likeness (QED) is 0.361. The van der Waals surface area contributed by atoms with Crippen LogP contribution >= 0.6 is 23.5 Å². The van der Waals surface area contributed by atoms with Gasteiger partial charge in [0.1, 0.15) is 11.6 Å². The van der Waals surface area contributed by atoms with E-state index in [0.29, 0.717) is 17.4 Å². The van der Waals surface area contributed by atoms with E-state index in [9.17, 15) is 4.79 Å². The molecule has 0 aliphatic rings. The molecular formula is C11H14N4O2S2. The van der Waals surface area contributed by atoms with Crippen LogP contribution in [0.5, 0.6) is 0 Å². The lowest BCUT2D eigenvalue weighted by Gasteiger charge is -2.05. The average Bonchev–Trinajstić information content (AvgIpc) is 2.81. The first-order valence-corrected chi connectivity index (χ1v) is 8.11. The molecule has 0 atom stereocenters. The average molecular weight is 298 g/mol. The van der Waals surface area contributed by atoms with Gasteiger partial charge in [0.25, 0.3) is 0 Å². The highest BCUT2D eigenvalue weighted by molar-refractivity contribution is 7.99. The first kappa shape index (κ1) is 14.1. The number of hydrogen-bond donors (Lipinski definition) is 0. The molecule has 2 aromatic rings. The van der Waals surface area contributed by atoms with E-state index in [2.05, 4.69) is 15.1 Å². The maximum Gasteiger partial charge on any atom is 0.327 e. The van der Waals surface area contributed by atoms with Crippen molar-refractivity contribution in [1.82, 2.24) is 19.7 Å². The van der Waals surface area contributed by atoms with Gasteiger partial charge in [0, 0.05) is 0 Å². The number of nitrogens with zero attached hydrogens (tertiary/aromatic N) is 4. The molecule has 0 amide bonds. The van der Waals surface area contributed by atoms with Gasteiger partial charge in [0.2, 0.25) is 0 Å². The topological polar surface area (TPSA) is 69.9 Å². The minimum Gasteiger partial charge on any atom is -0.465 e. The van der Waals surface area contributed by atoms with Crippen LogP contribution in [-0.4, -0.2) is 44.8 Å². The Morgan fingerprint density at radius 2 is 2.16 bits per heavy atom. The molecule has 0 bridgehead atoms. The van der Waals surface area contributed by atoms with Crippen molar-refractivity contribution in [3.63, 3.8) is 0 Å². The number of carbonyl (C=O) groups excluding carboxylic acids is 1. The van der Waals surface area contributed by atoms with Gasteiger partial charge >= 0.3 is 5.97 Å². The van der Waals surface area contributed by atoms with Gasteiger partial charge in [-0.1, -0.05) is 11.8 Å². The van der Waals surface area contributed by atoms with Crippen molar-refractivity contribution < 1.29 is 9.53 Å². The fourth-order valence-corrected chi connectivity index (χ4v) is 2.56. The summed E-state index contributed by atoms with van der Waals surface area (Å²) in [5.41, 5.74) is 0.664. The van der Waals surface area contributed by atoms with Crippen LogP contribution < -0.4 is 0 Å². The molecule has 0 aliphatic carbocycles. The second-order valence-electron chi connectivity index (χ2n) is 3.56. The molecular weight excluding hydrogens is 284 g/mol. The Hall–Kier alpha value is -1.28. The fourth-order valence-electron chi connectivity index (χ4n) is 1.60. The number of esters is 1. The summed E-state index contributed by atoms with van der Waals surface area (Å²) in [5.74, 6) is -0.317. The minimum atomic E-state index is -0.317. The molecule has 0 spiro atoms. The number of aromatic nitrogens is 4. The maximum absolute atomic E-state index is 11.5. The number of ether oxygens (including phenoxy) is 1. The number of fused-ring (bicyclic) bond motifs is 1. The van der Waals surface area contributed by atoms with Crippen LogP contribution in [0.25, 0.3) is 11.0 Å². The van der Waals surface area contributed by atoms with Gasteiger partial charge in [-0.3, -0.25) is 4.79 Å². The van der Waals surface area contributed by atoms with Crippen LogP contribution in [-0.2, 0) is 16.1 Å². The second kappa shape index (κ2) is 6.25. The lowest BCUT2D eigenvalue weighted by atomic mass is 10.4. The predicted molar refractivity (Wildman–Crippen MR) is 75.5 cm³/mol. The second-order valence-corrected chi connectivity index (χ2v) is 5.13. The molecule has 0 saturated heterocycles. The first-order valence-electron chi connectivity index (χ1n) is 5.66. The van der Waals surface area contributed by atoms with Crippen molar-refractivity contribution in [2.75, 3.05) is 19.1 Å². The molecule has 0 aliphatic heterocycles. The molecule has 6 nitrogen and oxygen atoms in total. The SMILES string of the molecule is CCOC(=O)Cn1ncc2c(SC)nc(SC)nc21. The van der Waals surface area contributed by atoms with E-state index in [-0.39, 0.29) is 12.5 Å². The summed E-state index contributed by atoms with van der Waals surface area (Å²) < 4.78 is 6.47. The minimum absolute atomic E-state index is 0.0655. The van der Waals surface area contributed by atoms with E-state index < -0.39 is 0 Å². The smallest absolute Gasteiger partial charge is 0.327 e. The van der Waals surface area contributed by atoms with E-state index >= 15 is 0 Å². The maximum atomic E-state index is 11.5. The Morgan fingerprint density at radius 3 is 2.79 bits per heavy atom. The van der Waals surface area contributed by atoms with Crippen molar-refractivity contribution >= 4 is 40.5 Å². The van der Waals surface area contributed by atoms with Crippen LogP contribution in [0.15, 0.2) is 16.4 Å². The molecule has 0 saturated carbocycles. The van der Waals surface area contributed by atoms with Gasteiger partial charge in [0.15, 0.2) is 10.8 Å².